The molecule has 0 amide bonds. The van der Waals surface area contributed by atoms with Gasteiger partial charge in [-0.05, 0) is 37.9 Å². The molecule has 3 heteroatoms. The van der Waals surface area contributed by atoms with Crippen LogP contribution >= 0.6 is 0 Å². The van der Waals surface area contributed by atoms with Gasteiger partial charge >= 0.3 is 0 Å². The maximum absolute atomic E-state index is 4.39. The normalized spacial score (nSPS) is 12.6. The first kappa shape index (κ1) is 13.8. The third kappa shape index (κ3) is 3.24. The number of aromatic nitrogens is 2. The first-order chi connectivity index (χ1) is 9.11. The van der Waals surface area contributed by atoms with Crippen molar-refractivity contribution in [2.45, 2.75) is 33.2 Å². The van der Waals surface area contributed by atoms with Crippen LogP contribution in [0.2, 0.25) is 0 Å². The van der Waals surface area contributed by atoms with E-state index in [-0.39, 0.29) is 0 Å². The van der Waals surface area contributed by atoms with Crippen LogP contribution in [0, 0.1) is 6.92 Å². The van der Waals surface area contributed by atoms with E-state index < -0.39 is 0 Å². The summed E-state index contributed by atoms with van der Waals surface area (Å²) in [4.78, 5) is 0. The van der Waals surface area contributed by atoms with Gasteiger partial charge in [0.25, 0.3) is 0 Å². The van der Waals surface area contributed by atoms with E-state index in [2.05, 4.69) is 61.6 Å². The average Bonchev–Trinajstić information content (AvgIpc) is 2.75. The minimum atomic E-state index is 0.406. The summed E-state index contributed by atoms with van der Waals surface area (Å²) < 4.78 is 1.87. The lowest BCUT2D eigenvalue weighted by Gasteiger charge is -2.14. The number of hydrogen-bond acceptors (Lipinski definition) is 2. The van der Waals surface area contributed by atoms with E-state index >= 15 is 0 Å². The van der Waals surface area contributed by atoms with Crippen molar-refractivity contribution in [3.8, 4) is 11.1 Å². The van der Waals surface area contributed by atoms with Crippen molar-refractivity contribution >= 4 is 0 Å². The molecule has 0 aliphatic heterocycles. The standard InChI is InChI=1S/C16H23N3/c1-5-10-17-12(2)14-6-8-15(9-7-14)16-11-19(4)18-13(16)3/h6-9,11-12,17H,5,10H2,1-4H3. The van der Waals surface area contributed by atoms with Crippen LogP contribution in [-0.4, -0.2) is 16.3 Å². The van der Waals surface area contributed by atoms with E-state index in [0.29, 0.717) is 6.04 Å². The molecule has 1 aromatic carbocycles. The zero-order valence-electron chi connectivity index (χ0n) is 12.3. The van der Waals surface area contributed by atoms with E-state index in [1.807, 2.05) is 11.7 Å². The molecule has 1 aromatic heterocycles. The Labute approximate surface area is 115 Å². The smallest absolute Gasteiger partial charge is 0.0671 e. The first-order valence-electron chi connectivity index (χ1n) is 6.95. The second-order valence-corrected chi connectivity index (χ2v) is 5.10. The zero-order chi connectivity index (χ0) is 13.8. The van der Waals surface area contributed by atoms with Crippen molar-refractivity contribution in [2.75, 3.05) is 6.54 Å². The number of nitrogens with one attached hydrogen (secondary N) is 1. The van der Waals surface area contributed by atoms with Gasteiger partial charge in [0.1, 0.15) is 0 Å². The summed E-state index contributed by atoms with van der Waals surface area (Å²) in [6.45, 7) is 7.51. The fourth-order valence-corrected chi connectivity index (χ4v) is 2.31. The van der Waals surface area contributed by atoms with Gasteiger partial charge in [0, 0.05) is 24.8 Å². The Balaban J connectivity index is 2.16. The van der Waals surface area contributed by atoms with Crippen LogP contribution in [0.3, 0.4) is 0 Å². The van der Waals surface area contributed by atoms with E-state index in [4.69, 9.17) is 0 Å². The zero-order valence-corrected chi connectivity index (χ0v) is 12.3. The molecule has 1 heterocycles. The van der Waals surface area contributed by atoms with Crippen molar-refractivity contribution in [3.63, 3.8) is 0 Å². The molecule has 1 atom stereocenters. The number of nitrogens with zero attached hydrogens (tertiary/aromatic N) is 2. The molecule has 1 N–H and O–H groups in total. The molecule has 0 saturated heterocycles. The van der Waals surface area contributed by atoms with E-state index in [1.165, 1.54) is 16.7 Å². The lowest BCUT2D eigenvalue weighted by molar-refractivity contribution is 0.571. The van der Waals surface area contributed by atoms with Crippen LogP contribution in [0.25, 0.3) is 11.1 Å². The van der Waals surface area contributed by atoms with Crippen molar-refractivity contribution in [3.05, 3.63) is 41.7 Å². The topological polar surface area (TPSA) is 29.9 Å². The Morgan fingerprint density at radius 2 is 1.95 bits per heavy atom. The molecule has 2 aromatic rings. The van der Waals surface area contributed by atoms with E-state index in [1.54, 1.807) is 0 Å². The van der Waals surface area contributed by atoms with Gasteiger partial charge in [0.05, 0.1) is 5.69 Å². The molecule has 0 aliphatic rings. The summed E-state index contributed by atoms with van der Waals surface area (Å²) in [5.74, 6) is 0. The van der Waals surface area contributed by atoms with Crippen molar-refractivity contribution in [1.29, 1.82) is 0 Å². The molecule has 1 unspecified atom stereocenters. The van der Waals surface area contributed by atoms with Crippen LogP contribution in [0.5, 0.6) is 0 Å². The largest absolute Gasteiger partial charge is 0.310 e. The lowest BCUT2D eigenvalue weighted by Crippen LogP contribution is -2.19. The van der Waals surface area contributed by atoms with Crippen molar-refractivity contribution in [1.82, 2.24) is 15.1 Å². The molecule has 0 saturated carbocycles. The molecule has 0 radical (unpaired) electrons. The van der Waals surface area contributed by atoms with Gasteiger partial charge in [-0.2, -0.15) is 5.10 Å². The monoisotopic (exact) mass is 257 g/mol. The fourth-order valence-electron chi connectivity index (χ4n) is 2.31. The number of benzene rings is 1. The maximum Gasteiger partial charge on any atom is 0.0671 e. The Hall–Kier alpha value is -1.61. The third-order valence-corrected chi connectivity index (χ3v) is 3.44. The Morgan fingerprint density at radius 1 is 1.26 bits per heavy atom. The van der Waals surface area contributed by atoms with Gasteiger partial charge in [-0.15, -0.1) is 0 Å². The molecule has 19 heavy (non-hydrogen) atoms. The lowest BCUT2D eigenvalue weighted by atomic mass is 10.0. The van der Waals surface area contributed by atoms with Gasteiger partial charge < -0.3 is 5.32 Å². The summed E-state index contributed by atoms with van der Waals surface area (Å²) in [7, 11) is 1.96. The molecule has 0 bridgehead atoms. The highest BCUT2D eigenvalue weighted by atomic mass is 15.2. The minimum Gasteiger partial charge on any atom is -0.310 e. The summed E-state index contributed by atoms with van der Waals surface area (Å²) in [5.41, 5.74) is 4.85. The molecule has 102 valence electrons. The summed E-state index contributed by atoms with van der Waals surface area (Å²) >= 11 is 0. The van der Waals surface area contributed by atoms with E-state index in [0.717, 1.165) is 18.7 Å². The van der Waals surface area contributed by atoms with Crippen LogP contribution in [0.4, 0.5) is 0 Å². The number of aryl methyl sites for hydroxylation is 2. The SMILES string of the molecule is CCCNC(C)c1ccc(-c2cn(C)nc2C)cc1. The third-order valence-electron chi connectivity index (χ3n) is 3.44. The second-order valence-electron chi connectivity index (χ2n) is 5.10. The van der Waals surface area contributed by atoms with Crippen molar-refractivity contribution in [2.24, 2.45) is 7.05 Å². The Morgan fingerprint density at radius 3 is 2.47 bits per heavy atom. The highest BCUT2D eigenvalue weighted by Crippen LogP contribution is 2.24. The second kappa shape index (κ2) is 6.02. The predicted molar refractivity (Wildman–Crippen MR) is 80.1 cm³/mol. The predicted octanol–water partition coefficient (Wildman–Crippen LogP) is 3.46. The summed E-state index contributed by atoms with van der Waals surface area (Å²) in [6, 6.07) is 9.18. The average molecular weight is 257 g/mol. The number of rotatable bonds is 5. The van der Waals surface area contributed by atoms with Gasteiger partial charge in [-0.3, -0.25) is 4.68 Å². The quantitative estimate of drug-likeness (QED) is 0.889. The summed E-state index contributed by atoms with van der Waals surface area (Å²) in [5, 5.41) is 7.90. The highest BCUT2D eigenvalue weighted by Gasteiger charge is 2.08. The Bertz CT molecular complexity index is 525. The molecule has 0 aliphatic carbocycles. The van der Waals surface area contributed by atoms with Crippen LogP contribution in [0.15, 0.2) is 30.5 Å². The Kier molecular flexibility index (Phi) is 4.38. The summed E-state index contributed by atoms with van der Waals surface area (Å²) in [6.07, 6.45) is 3.24. The maximum atomic E-state index is 4.39. The molecule has 2 rings (SSSR count). The van der Waals surface area contributed by atoms with Crippen LogP contribution in [-0.2, 0) is 7.05 Å². The van der Waals surface area contributed by atoms with Gasteiger partial charge in [-0.25, -0.2) is 0 Å². The molecule has 0 fully saturated rings. The molecular weight excluding hydrogens is 234 g/mol. The van der Waals surface area contributed by atoms with Crippen LogP contribution < -0.4 is 5.32 Å². The van der Waals surface area contributed by atoms with Gasteiger partial charge in [0.2, 0.25) is 0 Å². The molecule has 0 spiro atoms. The highest BCUT2D eigenvalue weighted by molar-refractivity contribution is 5.65. The molecule has 3 nitrogen and oxygen atoms in total. The molecular formula is C16H23N3. The minimum absolute atomic E-state index is 0.406. The number of hydrogen-bond donors (Lipinski definition) is 1. The van der Waals surface area contributed by atoms with Gasteiger partial charge in [-0.1, -0.05) is 31.2 Å². The van der Waals surface area contributed by atoms with E-state index in [9.17, 15) is 0 Å². The van der Waals surface area contributed by atoms with Crippen molar-refractivity contribution < 1.29 is 0 Å². The van der Waals surface area contributed by atoms with Crippen LogP contribution in [0.1, 0.15) is 37.6 Å². The van der Waals surface area contributed by atoms with Gasteiger partial charge in [0.15, 0.2) is 0 Å². The fraction of sp³-hybridized carbons (Fsp3) is 0.438. The first-order valence-corrected chi connectivity index (χ1v) is 6.95.